The van der Waals surface area contributed by atoms with Crippen molar-refractivity contribution in [2.45, 2.75) is 0 Å². The summed E-state index contributed by atoms with van der Waals surface area (Å²) in [6.07, 6.45) is 3.66. The molecule has 3 aromatic heterocycles. The largest absolute Gasteiger partial charge is 0.322 e. The summed E-state index contributed by atoms with van der Waals surface area (Å²) in [5, 5.41) is 6.64. The Labute approximate surface area is 163 Å². The van der Waals surface area contributed by atoms with Crippen LogP contribution in [0.2, 0.25) is 0 Å². The van der Waals surface area contributed by atoms with E-state index in [-0.39, 0.29) is 11.3 Å². The summed E-state index contributed by atoms with van der Waals surface area (Å²) in [5.41, 5.74) is 5.26. The standard InChI is InChI=1S/C19H15N5O3S/c1-23-19(27)13-7-3-2-6-12(13)15(22-23)17(25)20-21-18(26)16-14(8-11-28-16)24-9-4-5-10-24/h2-11H,1H3,(H,20,25)(H,21,26). The van der Waals surface area contributed by atoms with Crippen LogP contribution < -0.4 is 16.4 Å². The van der Waals surface area contributed by atoms with Crippen molar-refractivity contribution in [3.63, 3.8) is 0 Å². The highest BCUT2D eigenvalue weighted by molar-refractivity contribution is 7.12. The summed E-state index contributed by atoms with van der Waals surface area (Å²) in [6.45, 7) is 0. The van der Waals surface area contributed by atoms with Crippen molar-refractivity contribution in [2.24, 2.45) is 7.05 Å². The maximum absolute atomic E-state index is 12.6. The molecule has 0 bridgehead atoms. The number of carbonyl (C=O) groups is 2. The van der Waals surface area contributed by atoms with Gasteiger partial charge in [-0.05, 0) is 29.6 Å². The van der Waals surface area contributed by atoms with Crippen LogP contribution in [-0.2, 0) is 7.05 Å². The van der Waals surface area contributed by atoms with Gasteiger partial charge >= 0.3 is 0 Å². The van der Waals surface area contributed by atoms with E-state index in [1.165, 1.54) is 18.4 Å². The van der Waals surface area contributed by atoms with Crippen LogP contribution in [0.4, 0.5) is 0 Å². The van der Waals surface area contributed by atoms with Crippen molar-refractivity contribution in [2.75, 3.05) is 0 Å². The van der Waals surface area contributed by atoms with Crippen LogP contribution in [0.1, 0.15) is 20.2 Å². The quantitative estimate of drug-likeness (QED) is 0.519. The van der Waals surface area contributed by atoms with E-state index in [9.17, 15) is 14.4 Å². The lowest BCUT2D eigenvalue weighted by atomic mass is 10.1. The van der Waals surface area contributed by atoms with Crippen molar-refractivity contribution in [1.29, 1.82) is 0 Å². The maximum atomic E-state index is 12.6. The minimum atomic E-state index is -0.612. The monoisotopic (exact) mass is 393 g/mol. The van der Waals surface area contributed by atoms with Crippen LogP contribution in [0.25, 0.3) is 16.5 Å². The molecule has 9 heteroatoms. The van der Waals surface area contributed by atoms with E-state index in [2.05, 4.69) is 16.0 Å². The van der Waals surface area contributed by atoms with Crippen molar-refractivity contribution in [1.82, 2.24) is 25.2 Å². The summed E-state index contributed by atoms with van der Waals surface area (Å²) in [4.78, 5) is 37.8. The molecular formula is C19H15N5O3S. The number of fused-ring (bicyclic) bond motifs is 1. The lowest BCUT2D eigenvalue weighted by Crippen LogP contribution is -2.42. The molecule has 0 radical (unpaired) electrons. The fourth-order valence-electron chi connectivity index (χ4n) is 2.87. The molecule has 0 spiro atoms. The minimum Gasteiger partial charge on any atom is -0.322 e. The van der Waals surface area contributed by atoms with Gasteiger partial charge in [0, 0.05) is 24.8 Å². The molecule has 0 aliphatic heterocycles. The normalized spacial score (nSPS) is 10.8. The van der Waals surface area contributed by atoms with Gasteiger partial charge in [0.05, 0.1) is 11.1 Å². The molecule has 0 aliphatic rings. The lowest BCUT2D eigenvalue weighted by Gasteiger charge is -2.10. The molecule has 0 atom stereocenters. The number of nitrogens with zero attached hydrogens (tertiary/aromatic N) is 3. The number of benzene rings is 1. The third kappa shape index (κ3) is 3.08. The molecular weight excluding hydrogens is 378 g/mol. The number of amides is 2. The number of aryl methyl sites for hydroxylation is 1. The molecule has 4 rings (SSSR count). The van der Waals surface area contributed by atoms with Crippen LogP contribution in [0.15, 0.2) is 65.0 Å². The first-order valence-corrected chi connectivity index (χ1v) is 9.22. The Morgan fingerprint density at radius 3 is 2.39 bits per heavy atom. The van der Waals surface area contributed by atoms with E-state index < -0.39 is 11.8 Å². The van der Waals surface area contributed by atoms with E-state index in [1.54, 1.807) is 29.6 Å². The third-order valence-electron chi connectivity index (χ3n) is 4.19. The molecule has 140 valence electrons. The van der Waals surface area contributed by atoms with Gasteiger partial charge in [-0.25, -0.2) is 4.68 Å². The molecule has 0 saturated heterocycles. The first-order valence-electron chi connectivity index (χ1n) is 8.34. The number of nitrogens with one attached hydrogen (secondary N) is 2. The van der Waals surface area contributed by atoms with E-state index in [1.807, 2.05) is 35.2 Å². The van der Waals surface area contributed by atoms with Gasteiger partial charge in [-0.3, -0.25) is 25.2 Å². The fraction of sp³-hybridized carbons (Fsp3) is 0.0526. The Balaban J connectivity index is 1.57. The second-order valence-corrected chi connectivity index (χ2v) is 6.87. The van der Waals surface area contributed by atoms with E-state index >= 15 is 0 Å². The van der Waals surface area contributed by atoms with Crippen molar-refractivity contribution < 1.29 is 9.59 Å². The molecule has 1 aromatic carbocycles. The lowest BCUT2D eigenvalue weighted by molar-refractivity contribution is 0.0846. The topological polar surface area (TPSA) is 98.0 Å². The third-order valence-corrected chi connectivity index (χ3v) is 5.10. The van der Waals surface area contributed by atoms with Gasteiger partial charge in [-0.1, -0.05) is 18.2 Å². The highest BCUT2D eigenvalue weighted by atomic mass is 32.1. The molecule has 0 aliphatic carbocycles. The Morgan fingerprint density at radius 1 is 0.964 bits per heavy atom. The predicted molar refractivity (Wildman–Crippen MR) is 106 cm³/mol. The maximum Gasteiger partial charge on any atom is 0.290 e. The van der Waals surface area contributed by atoms with Crippen LogP contribution in [0.3, 0.4) is 0 Å². The molecule has 3 heterocycles. The Morgan fingerprint density at radius 2 is 1.64 bits per heavy atom. The van der Waals surface area contributed by atoms with Gasteiger partial charge in [0.25, 0.3) is 17.4 Å². The van der Waals surface area contributed by atoms with Crippen LogP contribution in [-0.4, -0.2) is 26.2 Å². The molecule has 8 nitrogen and oxygen atoms in total. The second kappa shape index (κ2) is 7.12. The number of hydrogen-bond donors (Lipinski definition) is 2. The summed E-state index contributed by atoms with van der Waals surface area (Å²) in [7, 11) is 1.47. The average Bonchev–Trinajstić information content (AvgIpc) is 3.40. The molecule has 0 unspecified atom stereocenters. The van der Waals surface area contributed by atoms with Gasteiger partial charge in [-0.15, -0.1) is 11.3 Å². The molecule has 28 heavy (non-hydrogen) atoms. The van der Waals surface area contributed by atoms with Gasteiger partial charge in [0.15, 0.2) is 5.69 Å². The summed E-state index contributed by atoms with van der Waals surface area (Å²) >= 11 is 1.27. The summed E-state index contributed by atoms with van der Waals surface area (Å²) in [6, 6.07) is 12.2. The van der Waals surface area contributed by atoms with Gasteiger partial charge in [0.2, 0.25) is 0 Å². The van der Waals surface area contributed by atoms with Gasteiger partial charge in [-0.2, -0.15) is 5.10 Å². The smallest absolute Gasteiger partial charge is 0.290 e. The van der Waals surface area contributed by atoms with Crippen molar-refractivity contribution in [3.05, 3.63) is 81.2 Å². The predicted octanol–water partition coefficient (Wildman–Crippen LogP) is 1.86. The zero-order chi connectivity index (χ0) is 19.7. The number of thiophene rings is 1. The number of rotatable bonds is 3. The zero-order valence-electron chi connectivity index (χ0n) is 14.7. The number of aromatic nitrogens is 3. The second-order valence-electron chi connectivity index (χ2n) is 5.96. The highest BCUT2D eigenvalue weighted by Crippen LogP contribution is 2.21. The van der Waals surface area contributed by atoms with Gasteiger partial charge in [0.1, 0.15) is 4.88 Å². The SMILES string of the molecule is Cn1nc(C(=O)NNC(=O)c2sccc2-n2cccc2)c2ccccc2c1=O. The molecule has 2 N–H and O–H groups in total. The van der Waals surface area contributed by atoms with Crippen LogP contribution in [0.5, 0.6) is 0 Å². The first kappa shape index (κ1) is 17.7. The number of hydrazine groups is 1. The summed E-state index contributed by atoms with van der Waals surface area (Å²) in [5.74, 6) is -1.06. The number of carbonyl (C=O) groups excluding carboxylic acids is 2. The number of hydrogen-bond acceptors (Lipinski definition) is 5. The molecule has 0 fully saturated rings. The van der Waals surface area contributed by atoms with Gasteiger partial charge < -0.3 is 4.57 Å². The van der Waals surface area contributed by atoms with Crippen LogP contribution >= 0.6 is 11.3 Å². The van der Waals surface area contributed by atoms with E-state index in [0.29, 0.717) is 21.3 Å². The zero-order valence-corrected chi connectivity index (χ0v) is 15.6. The first-order chi connectivity index (χ1) is 13.6. The fourth-order valence-corrected chi connectivity index (χ4v) is 3.65. The van der Waals surface area contributed by atoms with Crippen molar-refractivity contribution in [3.8, 4) is 5.69 Å². The average molecular weight is 393 g/mol. The minimum absolute atomic E-state index is 0.0508. The Hall–Kier alpha value is -3.72. The highest BCUT2D eigenvalue weighted by Gasteiger charge is 2.18. The summed E-state index contributed by atoms with van der Waals surface area (Å²) < 4.78 is 2.91. The van der Waals surface area contributed by atoms with E-state index in [4.69, 9.17) is 0 Å². The molecule has 4 aromatic rings. The molecule has 2 amide bonds. The molecule has 0 saturated carbocycles. The Bertz CT molecular complexity index is 1240. The van der Waals surface area contributed by atoms with Crippen LogP contribution in [0, 0.1) is 0 Å². The van der Waals surface area contributed by atoms with E-state index in [0.717, 1.165) is 4.68 Å². The Kier molecular flexibility index (Phi) is 4.50. The van der Waals surface area contributed by atoms with Crippen molar-refractivity contribution >= 4 is 33.9 Å².